The van der Waals surface area contributed by atoms with Gasteiger partial charge in [-0.2, -0.15) is 0 Å². The molecule has 0 spiro atoms. The summed E-state index contributed by atoms with van der Waals surface area (Å²) >= 11 is 7.81. The molecule has 6 heteroatoms. The summed E-state index contributed by atoms with van der Waals surface area (Å²) in [5.41, 5.74) is 7.70. The van der Waals surface area contributed by atoms with E-state index >= 15 is 0 Å². The summed E-state index contributed by atoms with van der Waals surface area (Å²) < 4.78 is 2.15. The normalized spacial score (nSPS) is 11.1. The van der Waals surface area contributed by atoms with Crippen molar-refractivity contribution < 1.29 is 4.79 Å². The molecule has 2 aromatic heterocycles. The molecule has 0 radical (unpaired) electrons. The van der Waals surface area contributed by atoms with Crippen molar-refractivity contribution in [3.05, 3.63) is 119 Å². The zero-order valence-electron chi connectivity index (χ0n) is 20.2. The third-order valence-electron chi connectivity index (χ3n) is 6.29. The van der Waals surface area contributed by atoms with E-state index in [4.69, 9.17) is 16.6 Å². The molecule has 0 fully saturated rings. The zero-order chi connectivity index (χ0) is 25.1. The minimum Gasteiger partial charge on any atom is -0.344 e. The molecule has 180 valence electrons. The van der Waals surface area contributed by atoms with E-state index < -0.39 is 0 Å². The van der Waals surface area contributed by atoms with E-state index in [2.05, 4.69) is 33.8 Å². The first-order chi connectivity index (χ1) is 17.5. The third kappa shape index (κ3) is 5.03. The zero-order valence-corrected chi connectivity index (χ0v) is 21.7. The topological polar surface area (TPSA) is 50.7 Å². The molecular formula is C30H26ClN3OS. The van der Waals surface area contributed by atoms with Gasteiger partial charge in [-0.25, -0.2) is 4.98 Å². The first-order valence-electron chi connectivity index (χ1n) is 11.8. The highest BCUT2D eigenvalue weighted by molar-refractivity contribution is 7.99. The van der Waals surface area contributed by atoms with Crippen LogP contribution in [-0.4, -0.2) is 26.1 Å². The molecule has 3 aromatic carbocycles. The van der Waals surface area contributed by atoms with Gasteiger partial charge in [0.2, 0.25) is 0 Å². The number of benzene rings is 3. The van der Waals surface area contributed by atoms with Gasteiger partial charge in [0.15, 0.2) is 10.9 Å². The average Bonchev–Trinajstić information content (AvgIpc) is 3.46. The van der Waals surface area contributed by atoms with E-state index in [-0.39, 0.29) is 5.78 Å². The van der Waals surface area contributed by atoms with Crippen molar-refractivity contribution in [1.29, 1.82) is 0 Å². The largest absolute Gasteiger partial charge is 0.344 e. The summed E-state index contributed by atoms with van der Waals surface area (Å²) in [6.07, 6.45) is 0. The number of Topliss-reactive ketones (excluding diaryl/α,β-unsaturated/α-hetero) is 1. The monoisotopic (exact) mass is 511 g/mol. The van der Waals surface area contributed by atoms with E-state index in [0.717, 1.165) is 55.2 Å². The van der Waals surface area contributed by atoms with Gasteiger partial charge in [0.1, 0.15) is 0 Å². The summed E-state index contributed by atoms with van der Waals surface area (Å²) in [7, 11) is 0. The second-order valence-corrected chi connectivity index (χ2v) is 10.0. The Kier molecular flexibility index (Phi) is 7.12. The molecule has 0 aliphatic rings. The van der Waals surface area contributed by atoms with Crippen LogP contribution in [-0.2, 0) is 6.54 Å². The molecule has 0 unspecified atom stereocenters. The highest BCUT2D eigenvalue weighted by Crippen LogP contribution is 2.33. The number of halogens is 1. The van der Waals surface area contributed by atoms with Crippen molar-refractivity contribution in [1.82, 2.24) is 14.5 Å². The minimum absolute atomic E-state index is 0.0810. The molecule has 4 nitrogen and oxygen atoms in total. The Morgan fingerprint density at radius 3 is 2.25 bits per heavy atom. The number of imidazole rings is 1. The van der Waals surface area contributed by atoms with Crippen molar-refractivity contribution in [3.63, 3.8) is 0 Å². The molecule has 0 aliphatic carbocycles. The van der Waals surface area contributed by atoms with Gasteiger partial charge in [-0.15, -0.1) is 0 Å². The van der Waals surface area contributed by atoms with Crippen LogP contribution in [0.4, 0.5) is 0 Å². The minimum atomic E-state index is 0.0810. The van der Waals surface area contributed by atoms with Gasteiger partial charge in [0, 0.05) is 39.6 Å². The summed E-state index contributed by atoms with van der Waals surface area (Å²) in [5, 5.41) is 1.46. The lowest BCUT2D eigenvalue weighted by Gasteiger charge is -2.11. The lowest BCUT2D eigenvalue weighted by atomic mass is 10.1. The number of rotatable bonds is 8. The smallest absolute Gasteiger partial charge is 0.175 e. The Morgan fingerprint density at radius 2 is 1.56 bits per heavy atom. The van der Waals surface area contributed by atoms with Crippen molar-refractivity contribution in [2.75, 3.05) is 5.75 Å². The maximum absolute atomic E-state index is 13.3. The Balaban J connectivity index is 1.37. The molecular weight excluding hydrogens is 486 g/mol. The lowest BCUT2D eigenvalue weighted by molar-refractivity contribution is 0.102. The first kappa shape index (κ1) is 24.2. The molecule has 0 amide bonds. The van der Waals surface area contributed by atoms with Gasteiger partial charge in [-0.05, 0) is 31.5 Å². The number of ketones is 1. The molecule has 36 heavy (non-hydrogen) atoms. The fraction of sp³-hybridized carbons (Fsp3) is 0.133. The number of aryl methyl sites for hydroxylation is 1. The molecule has 5 aromatic rings. The predicted octanol–water partition coefficient (Wildman–Crippen LogP) is 7.84. The van der Waals surface area contributed by atoms with Crippen LogP contribution >= 0.6 is 23.4 Å². The number of thioether (sulfide) groups is 1. The third-order valence-corrected chi connectivity index (χ3v) is 7.53. The van der Waals surface area contributed by atoms with Crippen LogP contribution in [0.15, 0.2) is 96.2 Å². The van der Waals surface area contributed by atoms with Crippen molar-refractivity contribution in [2.45, 2.75) is 25.5 Å². The van der Waals surface area contributed by atoms with Crippen LogP contribution < -0.4 is 0 Å². The van der Waals surface area contributed by atoms with Crippen LogP contribution in [0.25, 0.3) is 22.5 Å². The predicted molar refractivity (Wildman–Crippen MR) is 149 cm³/mol. The Hall–Kier alpha value is -3.54. The molecule has 1 N–H and O–H groups in total. The van der Waals surface area contributed by atoms with Crippen molar-refractivity contribution >= 4 is 29.1 Å². The highest BCUT2D eigenvalue weighted by atomic mass is 35.5. The number of carbonyl (C=O) groups excluding carboxylic acids is 1. The van der Waals surface area contributed by atoms with Gasteiger partial charge in [-0.3, -0.25) is 4.79 Å². The van der Waals surface area contributed by atoms with Gasteiger partial charge in [0.25, 0.3) is 0 Å². The number of hydrogen-bond acceptors (Lipinski definition) is 3. The average molecular weight is 512 g/mol. The molecule has 0 bridgehead atoms. The van der Waals surface area contributed by atoms with E-state index in [1.54, 1.807) is 0 Å². The molecule has 0 saturated carbocycles. The summed E-state index contributed by atoms with van der Waals surface area (Å²) in [5.74, 6) is 0.379. The van der Waals surface area contributed by atoms with Crippen LogP contribution in [0.5, 0.6) is 0 Å². The number of aromatic nitrogens is 3. The van der Waals surface area contributed by atoms with Crippen LogP contribution in [0, 0.1) is 13.8 Å². The number of hydrogen-bond donors (Lipinski definition) is 1. The molecule has 2 heterocycles. The quantitative estimate of drug-likeness (QED) is 0.170. The maximum Gasteiger partial charge on any atom is 0.175 e. The molecule has 0 saturated heterocycles. The van der Waals surface area contributed by atoms with Crippen LogP contribution in [0.3, 0.4) is 0 Å². The van der Waals surface area contributed by atoms with E-state index in [1.807, 2.05) is 80.6 Å². The van der Waals surface area contributed by atoms with Crippen molar-refractivity contribution in [3.8, 4) is 22.5 Å². The highest BCUT2D eigenvalue weighted by Gasteiger charge is 2.19. The standard InChI is InChI=1S/C30H26ClN3OS/c1-20-17-25(21(2)34(20)18-24-15-9-10-16-26(24)31)27(35)19-36-30-32-28(22-11-5-3-6-12-22)29(33-30)23-13-7-4-8-14-23/h3-17H,18-19H2,1-2H3,(H,32,33). The second kappa shape index (κ2) is 10.6. The maximum atomic E-state index is 13.3. The molecule has 0 atom stereocenters. The molecule has 0 aliphatic heterocycles. The fourth-order valence-electron chi connectivity index (χ4n) is 4.37. The fourth-order valence-corrected chi connectivity index (χ4v) is 5.32. The Morgan fingerprint density at radius 1 is 0.917 bits per heavy atom. The first-order valence-corrected chi connectivity index (χ1v) is 13.1. The van der Waals surface area contributed by atoms with E-state index in [1.165, 1.54) is 11.8 Å². The van der Waals surface area contributed by atoms with E-state index in [9.17, 15) is 4.79 Å². The van der Waals surface area contributed by atoms with Gasteiger partial charge >= 0.3 is 0 Å². The Bertz CT molecular complexity index is 1450. The van der Waals surface area contributed by atoms with Gasteiger partial charge in [-0.1, -0.05) is 102 Å². The summed E-state index contributed by atoms with van der Waals surface area (Å²) in [6, 6.07) is 30.1. The summed E-state index contributed by atoms with van der Waals surface area (Å²) in [6.45, 7) is 4.66. The summed E-state index contributed by atoms with van der Waals surface area (Å²) in [4.78, 5) is 21.6. The van der Waals surface area contributed by atoms with Crippen molar-refractivity contribution in [2.24, 2.45) is 0 Å². The second-order valence-electron chi connectivity index (χ2n) is 8.67. The van der Waals surface area contributed by atoms with E-state index in [0.29, 0.717) is 12.3 Å². The number of aromatic amines is 1. The number of H-pyrrole nitrogens is 1. The Labute approximate surface area is 220 Å². The molecule has 5 rings (SSSR count). The van der Waals surface area contributed by atoms with Gasteiger partial charge in [0.05, 0.1) is 17.1 Å². The number of nitrogens with one attached hydrogen (secondary N) is 1. The van der Waals surface area contributed by atoms with Gasteiger partial charge < -0.3 is 9.55 Å². The van der Waals surface area contributed by atoms with Crippen LogP contribution in [0.1, 0.15) is 27.3 Å². The lowest BCUT2D eigenvalue weighted by Crippen LogP contribution is -2.08. The number of nitrogens with zero attached hydrogens (tertiary/aromatic N) is 2. The number of carbonyl (C=O) groups is 1. The van der Waals surface area contributed by atoms with Crippen LogP contribution in [0.2, 0.25) is 5.02 Å². The SMILES string of the molecule is Cc1cc(C(=O)CSc2nc(-c3ccccc3)c(-c3ccccc3)[nH]2)c(C)n1Cc1ccccc1Cl.